The van der Waals surface area contributed by atoms with Gasteiger partial charge >= 0.3 is 0 Å². The normalized spacial score (nSPS) is 14.6. The van der Waals surface area contributed by atoms with Crippen molar-refractivity contribution < 1.29 is 13.2 Å². The third-order valence-electron chi connectivity index (χ3n) is 5.49. The van der Waals surface area contributed by atoms with Gasteiger partial charge in [0.05, 0.1) is 10.4 Å². The van der Waals surface area contributed by atoms with Gasteiger partial charge in [-0.1, -0.05) is 24.3 Å². The van der Waals surface area contributed by atoms with Gasteiger partial charge in [-0.2, -0.15) is 0 Å². The van der Waals surface area contributed by atoms with Crippen LogP contribution in [-0.2, 0) is 10.0 Å². The summed E-state index contributed by atoms with van der Waals surface area (Å²) in [6.07, 6.45) is 1.64. The zero-order chi connectivity index (χ0) is 21.3. The fourth-order valence-corrected chi connectivity index (χ4v) is 5.28. The van der Waals surface area contributed by atoms with Gasteiger partial charge in [0.25, 0.3) is 10.0 Å². The van der Waals surface area contributed by atoms with Crippen LogP contribution in [0.1, 0.15) is 0 Å². The van der Waals surface area contributed by atoms with Crippen LogP contribution in [0.5, 0.6) is 11.5 Å². The average molecular weight is 434 g/mol. The summed E-state index contributed by atoms with van der Waals surface area (Å²) < 4.78 is 33.9. The molecule has 0 spiro atoms. The molecule has 7 heteroatoms. The number of anilines is 1. The predicted octanol–water partition coefficient (Wildman–Crippen LogP) is 4.08. The molecule has 0 aliphatic carbocycles. The molecule has 3 aromatic carbocycles. The van der Waals surface area contributed by atoms with E-state index in [9.17, 15) is 8.42 Å². The van der Waals surface area contributed by atoms with Gasteiger partial charge in [-0.3, -0.25) is 0 Å². The molecule has 4 aromatic rings. The first kappa shape index (κ1) is 19.7. The maximum atomic E-state index is 13.4. The highest BCUT2D eigenvalue weighted by Crippen LogP contribution is 2.31. The lowest BCUT2D eigenvalue weighted by Crippen LogP contribution is -2.43. The van der Waals surface area contributed by atoms with Gasteiger partial charge in [-0.25, -0.2) is 12.4 Å². The van der Waals surface area contributed by atoms with E-state index in [0.717, 1.165) is 37.3 Å². The highest BCUT2D eigenvalue weighted by Gasteiger charge is 2.21. The van der Waals surface area contributed by atoms with Gasteiger partial charge in [0.2, 0.25) is 0 Å². The molecule has 0 radical (unpaired) electrons. The summed E-state index contributed by atoms with van der Waals surface area (Å²) in [4.78, 5) is 2.52. The molecule has 0 amide bonds. The van der Waals surface area contributed by atoms with Crippen molar-refractivity contribution in [3.8, 4) is 11.5 Å². The van der Waals surface area contributed by atoms with Crippen LogP contribution in [0.25, 0.3) is 10.9 Å². The number of para-hydroxylation sites is 1. The first-order chi connectivity index (χ1) is 15.1. The van der Waals surface area contributed by atoms with Gasteiger partial charge in [0.15, 0.2) is 0 Å². The number of hydrogen-bond donors (Lipinski definition) is 1. The Balaban J connectivity index is 1.46. The van der Waals surface area contributed by atoms with Crippen molar-refractivity contribution in [2.75, 3.05) is 31.1 Å². The summed E-state index contributed by atoms with van der Waals surface area (Å²) >= 11 is 0. The topological polar surface area (TPSA) is 63.6 Å². The van der Waals surface area contributed by atoms with E-state index in [1.807, 2.05) is 48.5 Å². The van der Waals surface area contributed by atoms with E-state index in [0.29, 0.717) is 17.0 Å². The van der Waals surface area contributed by atoms with Crippen LogP contribution in [0, 0.1) is 0 Å². The number of aromatic nitrogens is 1. The molecule has 6 nitrogen and oxygen atoms in total. The molecule has 1 fully saturated rings. The van der Waals surface area contributed by atoms with Crippen LogP contribution in [0.4, 0.5) is 5.69 Å². The lowest BCUT2D eigenvalue weighted by Gasteiger charge is -2.30. The standard InChI is InChI=1S/C24H23N3O3S/c28-31(29,21-11-9-20(10-12-21)30-19-5-2-1-3-6-19)27-16-13-22-23(7-4-8-24(22)27)26-17-14-25-15-18-26/h1-13,16,25H,14-15,17-18H2. The molecule has 1 aliphatic heterocycles. The third kappa shape index (κ3) is 3.78. The minimum Gasteiger partial charge on any atom is -0.457 e. The molecule has 0 bridgehead atoms. The molecular formula is C24H23N3O3S. The molecule has 0 saturated carbocycles. The largest absolute Gasteiger partial charge is 0.457 e. The summed E-state index contributed by atoms with van der Waals surface area (Å²) in [6, 6.07) is 23.6. The molecular weight excluding hydrogens is 410 g/mol. The maximum absolute atomic E-state index is 13.4. The van der Waals surface area contributed by atoms with Crippen LogP contribution in [0.3, 0.4) is 0 Å². The zero-order valence-electron chi connectivity index (χ0n) is 16.9. The Morgan fingerprint density at radius 3 is 2.23 bits per heavy atom. The van der Waals surface area contributed by atoms with Crippen LogP contribution < -0.4 is 15.0 Å². The summed E-state index contributed by atoms with van der Waals surface area (Å²) in [5.74, 6) is 1.29. The second-order valence-corrected chi connectivity index (χ2v) is 9.27. The number of benzene rings is 3. The van der Waals surface area contributed by atoms with Crippen LogP contribution in [0.15, 0.2) is 90.0 Å². The predicted molar refractivity (Wildman–Crippen MR) is 123 cm³/mol. The number of nitrogens with zero attached hydrogens (tertiary/aromatic N) is 2. The Kier molecular flexibility index (Phi) is 5.13. The van der Waals surface area contributed by atoms with E-state index in [1.54, 1.807) is 30.5 Å². The van der Waals surface area contributed by atoms with Crippen LogP contribution in [0.2, 0.25) is 0 Å². The quantitative estimate of drug-likeness (QED) is 0.514. The Morgan fingerprint density at radius 1 is 0.774 bits per heavy atom. The van der Waals surface area contributed by atoms with Gasteiger partial charge in [0, 0.05) is 43.4 Å². The first-order valence-corrected chi connectivity index (χ1v) is 11.7. The number of piperazine rings is 1. The second kappa shape index (κ2) is 8.09. The number of nitrogens with one attached hydrogen (secondary N) is 1. The van der Waals surface area contributed by atoms with E-state index >= 15 is 0 Å². The van der Waals surface area contributed by atoms with Gasteiger partial charge in [-0.05, 0) is 54.6 Å². The lowest BCUT2D eigenvalue weighted by atomic mass is 10.2. The minimum atomic E-state index is -3.73. The Bertz CT molecular complexity index is 1290. The van der Waals surface area contributed by atoms with Crippen molar-refractivity contribution in [3.05, 3.63) is 85.1 Å². The highest BCUT2D eigenvalue weighted by atomic mass is 32.2. The lowest BCUT2D eigenvalue weighted by molar-refractivity contribution is 0.482. The van der Waals surface area contributed by atoms with E-state index < -0.39 is 10.0 Å². The maximum Gasteiger partial charge on any atom is 0.268 e. The van der Waals surface area contributed by atoms with Gasteiger partial charge in [0.1, 0.15) is 11.5 Å². The molecule has 0 unspecified atom stereocenters. The second-order valence-electron chi connectivity index (χ2n) is 7.45. The van der Waals surface area contributed by atoms with Gasteiger partial charge in [-0.15, -0.1) is 0 Å². The monoisotopic (exact) mass is 433 g/mol. The molecule has 1 N–H and O–H groups in total. The van der Waals surface area contributed by atoms with Crippen molar-refractivity contribution in [2.24, 2.45) is 0 Å². The summed E-state index contributed by atoms with van der Waals surface area (Å²) in [5, 5.41) is 4.29. The smallest absolute Gasteiger partial charge is 0.268 e. The molecule has 158 valence electrons. The van der Waals surface area contributed by atoms with Crippen molar-refractivity contribution in [2.45, 2.75) is 4.90 Å². The molecule has 2 heterocycles. The first-order valence-electron chi connectivity index (χ1n) is 10.3. The SMILES string of the molecule is O=S(=O)(c1ccc(Oc2ccccc2)cc1)n1ccc2c(N3CCNCC3)cccc21. The minimum absolute atomic E-state index is 0.220. The van der Waals surface area contributed by atoms with Crippen molar-refractivity contribution in [1.82, 2.24) is 9.29 Å². The number of ether oxygens (including phenoxy) is 1. The van der Waals surface area contributed by atoms with Crippen LogP contribution in [-0.4, -0.2) is 38.6 Å². The summed E-state index contributed by atoms with van der Waals surface area (Å²) in [6.45, 7) is 3.65. The highest BCUT2D eigenvalue weighted by molar-refractivity contribution is 7.90. The summed E-state index contributed by atoms with van der Waals surface area (Å²) in [7, 11) is -3.73. The zero-order valence-corrected chi connectivity index (χ0v) is 17.8. The van der Waals surface area contributed by atoms with E-state index in [4.69, 9.17) is 4.74 Å². The molecule has 31 heavy (non-hydrogen) atoms. The van der Waals surface area contributed by atoms with Gasteiger partial charge < -0.3 is 15.0 Å². The van der Waals surface area contributed by atoms with Crippen molar-refractivity contribution in [3.63, 3.8) is 0 Å². The van der Waals surface area contributed by atoms with E-state index in [2.05, 4.69) is 16.3 Å². The number of hydrogen-bond acceptors (Lipinski definition) is 5. The number of fused-ring (bicyclic) bond motifs is 1. The van der Waals surface area contributed by atoms with E-state index in [1.165, 1.54) is 3.97 Å². The Hall–Kier alpha value is -3.29. The third-order valence-corrected chi connectivity index (χ3v) is 7.20. The molecule has 1 aromatic heterocycles. The average Bonchev–Trinajstić information content (AvgIpc) is 3.26. The molecule has 1 saturated heterocycles. The molecule has 5 rings (SSSR count). The fraction of sp³-hybridized carbons (Fsp3) is 0.167. The van der Waals surface area contributed by atoms with Crippen LogP contribution >= 0.6 is 0 Å². The number of rotatable bonds is 5. The summed E-state index contributed by atoms with van der Waals surface area (Å²) in [5.41, 5.74) is 1.75. The molecule has 1 aliphatic rings. The Labute approximate surface area is 181 Å². The fourth-order valence-electron chi connectivity index (χ4n) is 3.94. The van der Waals surface area contributed by atoms with E-state index in [-0.39, 0.29) is 4.90 Å². The molecule has 0 atom stereocenters. The van der Waals surface area contributed by atoms with Crippen molar-refractivity contribution >= 4 is 26.6 Å². The Morgan fingerprint density at radius 2 is 1.48 bits per heavy atom. The van der Waals surface area contributed by atoms with Crippen molar-refractivity contribution in [1.29, 1.82) is 0 Å².